The SMILES string of the molecule is CN(CCOc1ccccc1)C(=O)c1ncn[nH]1. The third-order valence-electron chi connectivity index (χ3n) is 2.40. The monoisotopic (exact) mass is 246 g/mol. The van der Waals surface area contributed by atoms with E-state index in [9.17, 15) is 4.79 Å². The van der Waals surface area contributed by atoms with Crippen LogP contribution in [0.3, 0.4) is 0 Å². The number of likely N-dealkylation sites (N-methyl/N-ethyl adjacent to an activating group) is 1. The maximum absolute atomic E-state index is 11.8. The summed E-state index contributed by atoms with van der Waals surface area (Å²) in [6, 6.07) is 9.47. The zero-order chi connectivity index (χ0) is 12.8. The van der Waals surface area contributed by atoms with E-state index in [2.05, 4.69) is 15.2 Å². The van der Waals surface area contributed by atoms with E-state index in [1.165, 1.54) is 11.2 Å². The van der Waals surface area contributed by atoms with Crippen molar-refractivity contribution in [2.75, 3.05) is 20.2 Å². The van der Waals surface area contributed by atoms with Crippen molar-refractivity contribution < 1.29 is 9.53 Å². The second kappa shape index (κ2) is 5.81. The van der Waals surface area contributed by atoms with Crippen LogP contribution in [0, 0.1) is 0 Å². The molecule has 6 nitrogen and oxygen atoms in total. The fourth-order valence-electron chi connectivity index (χ4n) is 1.41. The van der Waals surface area contributed by atoms with E-state index in [4.69, 9.17) is 4.74 Å². The van der Waals surface area contributed by atoms with Crippen molar-refractivity contribution in [3.05, 3.63) is 42.5 Å². The molecular weight excluding hydrogens is 232 g/mol. The molecule has 0 fully saturated rings. The van der Waals surface area contributed by atoms with Gasteiger partial charge in [0.1, 0.15) is 18.7 Å². The Morgan fingerprint density at radius 3 is 2.83 bits per heavy atom. The van der Waals surface area contributed by atoms with E-state index in [0.29, 0.717) is 13.2 Å². The van der Waals surface area contributed by atoms with Gasteiger partial charge in [-0.05, 0) is 12.1 Å². The molecule has 18 heavy (non-hydrogen) atoms. The van der Waals surface area contributed by atoms with E-state index in [1.807, 2.05) is 30.3 Å². The fraction of sp³-hybridized carbons (Fsp3) is 0.250. The third-order valence-corrected chi connectivity index (χ3v) is 2.40. The lowest BCUT2D eigenvalue weighted by Crippen LogP contribution is -2.31. The molecule has 1 amide bonds. The van der Waals surface area contributed by atoms with E-state index >= 15 is 0 Å². The van der Waals surface area contributed by atoms with Crippen molar-refractivity contribution in [1.29, 1.82) is 0 Å². The summed E-state index contributed by atoms with van der Waals surface area (Å²) in [5.74, 6) is 0.819. The Labute approximate surface area is 105 Å². The van der Waals surface area contributed by atoms with Crippen LogP contribution in [0.1, 0.15) is 10.6 Å². The van der Waals surface area contributed by atoms with Gasteiger partial charge in [-0.15, -0.1) is 0 Å². The molecule has 1 N–H and O–H groups in total. The minimum atomic E-state index is -0.204. The molecule has 0 saturated carbocycles. The highest BCUT2D eigenvalue weighted by Gasteiger charge is 2.13. The molecule has 6 heteroatoms. The molecular formula is C12H14N4O2. The van der Waals surface area contributed by atoms with Crippen LogP contribution in [0.4, 0.5) is 0 Å². The van der Waals surface area contributed by atoms with E-state index in [0.717, 1.165) is 5.75 Å². The standard InChI is InChI=1S/C12H14N4O2/c1-16(12(17)11-13-9-14-15-11)7-8-18-10-5-3-2-4-6-10/h2-6,9H,7-8H2,1H3,(H,13,14,15). The summed E-state index contributed by atoms with van der Waals surface area (Å²) in [6.07, 6.45) is 1.31. The lowest BCUT2D eigenvalue weighted by molar-refractivity contribution is 0.0762. The maximum atomic E-state index is 11.8. The van der Waals surface area contributed by atoms with Gasteiger partial charge in [-0.2, -0.15) is 5.10 Å². The molecule has 0 aliphatic heterocycles. The van der Waals surface area contributed by atoms with Crippen LogP contribution in [0.15, 0.2) is 36.7 Å². The molecule has 0 atom stereocenters. The van der Waals surface area contributed by atoms with Gasteiger partial charge in [0.2, 0.25) is 5.82 Å². The lowest BCUT2D eigenvalue weighted by atomic mass is 10.3. The van der Waals surface area contributed by atoms with Gasteiger partial charge in [0.05, 0.1) is 6.54 Å². The molecule has 1 aromatic carbocycles. The zero-order valence-electron chi connectivity index (χ0n) is 10.0. The number of amides is 1. The number of nitrogens with zero attached hydrogens (tertiary/aromatic N) is 3. The smallest absolute Gasteiger partial charge is 0.291 e. The highest BCUT2D eigenvalue weighted by Crippen LogP contribution is 2.07. The first-order chi connectivity index (χ1) is 8.77. The van der Waals surface area contributed by atoms with Crippen molar-refractivity contribution >= 4 is 5.91 Å². The van der Waals surface area contributed by atoms with Crippen LogP contribution in [0.25, 0.3) is 0 Å². The zero-order valence-corrected chi connectivity index (χ0v) is 10.0. The quantitative estimate of drug-likeness (QED) is 0.852. The number of aromatic amines is 1. The fourth-order valence-corrected chi connectivity index (χ4v) is 1.41. The van der Waals surface area contributed by atoms with Crippen molar-refractivity contribution in [2.45, 2.75) is 0 Å². The van der Waals surface area contributed by atoms with Crippen LogP contribution >= 0.6 is 0 Å². The van der Waals surface area contributed by atoms with Gasteiger partial charge in [-0.25, -0.2) is 4.98 Å². The summed E-state index contributed by atoms with van der Waals surface area (Å²) in [5.41, 5.74) is 0. The largest absolute Gasteiger partial charge is 0.492 e. The number of para-hydroxylation sites is 1. The second-order valence-corrected chi connectivity index (χ2v) is 3.72. The van der Waals surface area contributed by atoms with Crippen molar-refractivity contribution in [1.82, 2.24) is 20.1 Å². The first-order valence-corrected chi connectivity index (χ1v) is 5.56. The Bertz CT molecular complexity index is 484. The molecule has 2 rings (SSSR count). The summed E-state index contributed by atoms with van der Waals surface area (Å²) in [6.45, 7) is 0.912. The number of benzene rings is 1. The van der Waals surface area contributed by atoms with Crippen LogP contribution < -0.4 is 4.74 Å². The van der Waals surface area contributed by atoms with Gasteiger partial charge in [0, 0.05) is 7.05 Å². The average Bonchev–Trinajstić information content (AvgIpc) is 2.93. The minimum absolute atomic E-state index is 0.204. The Morgan fingerprint density at radius 1 is 1.39 bits per heavy atom. The third kappa shape index (κ3) is 3.07. The average molecular weight is 246 g/mol. The Morgan fingerprint density at radius 2 is 2.17 bits per heavy atom. The summed E-state index contributed by atoms with van der Waals surface area (Å²) in [7, 11) is 1.69. The van der Waals surface area contributed by atoms with E-state index in [1.54, 1.807) is 7.05 Å². The number of carbonyl (C=O) groups excluding carboxylic acids is 1. The number of ether oxygens (including phenoxy) is 1. The van der Waals surface area contributed by atoms with E-state index < -0.39 is 0 Å². The van der Waals surface area contributed by atoms with Crippen LogP contribution in [0.2, 0.25) is 0 Å². The summed E-state index contributed by atoms with van der Waals surface area (Å²) >= 11 is 0. The topological polar surface area (TPSA) is 71.1 Å². The Kier molecular flexibility index (Phi) is 3.90. The maximum Gasteiger partial charge on any atom is 0.291 e. The number of nitrogens with one attached hydrogen (secondary N) is 1. The van der Waals surface area contributed by atoms with Crippen molar-refractivity contribution in [3.8, 4) is 5.75 Å². The van der Waals surface area contributed by atoms with Crippen LogP contribution in [-0.2, 0) is 0 Å². The first-order valence-electron chi connectivity index (χ1n) is 5.56. The van der Waals surface area contributed by atoms with Gasteiger partial charge in [-0.1, -0.05) is 18.2 Å². The summed E-state index contributed by atoms with van der Waals surface area (Å²) in [5, 5.41) is 6.17. The van der Waals surface area contributed by atoms with Gasteiger partial charge >= 0.3 is 0 Å². The molecule has 1 aromatic heterocycles. The molecule has 2 aromatic rings. The molecule has 0 spiro atoms. The van der Waals surface area contributed by atoms with Crippen LogP contribution in [0.5, 0.6) is 5.75 Å². The number of rotatable bonds is 5. The van der Waals surface area contributed by atoms with Gasteiger partial charge in [-0.3, -0.25) is 9.89 Å². The number of hydrogen-bond acceptors (Lipinski definition) is 4. The molecule has 0 aliphatic rings. The highest BCUT2D eigenvalue weighted by atomic mass is 16.5. The Balaban J connectivity index is 1.79. The molecule has 0 aliphatic carbocycles. The molecule has 94 valence electrons. The van der Waals surface area contributed by atoms with Gasteiger partial charge in [0.25, 0.3) is 5.91 Å². The summed E-state index contributed by atoms with van der Waals surface area (Å²) < 4.78 is 5.50. The van der Waals surface area contributed by atoms with Gasteiger partial charge < -0.3 is 9.64 Å². The van der Waals surface area contributed by atoms with E-state index in [-0.39, 0.29) is 11.7 Å². The number of carbonyl (C=O) groups is 1. The molecule has 0 saturated heterocycles. The van der Waals surface area contributed by atoms with Crippen molar-refractivity contribution in [2.24, 2.45) is 0 Å². The Hall–Kier alpha value is -2.37. The van der Waals surface area contributed by atoms with Gasteiger partial charge in [0.15, 0.2) is 0 Å². The molecule has 0 unspecified atom stereocenters. The molecule has 0 bridgehead atoms. The predicted molar refractivity (Wildman–Crippen MR) is 65.3 cm³/mol. The van der Waals surface area contributed by atoms with Crippen LogP contribution in [-0.4, -0.2) is 46.2 Å². The molecule has 0 radical (unpaired) electrons. The second-order valence-electron chi connectivity index (χ2n) is 3.72. The summed E-state index contributed by atoms with van der Waals surface area (Å²) in [4.78, 5) is 17.1. The number of aromatic nitrogens is 3. The lowest BCUT2D eigenvalue weighted by Gasteiger charge is -2.15. The number of H-pyrrole nitrogens is 1. The first kappa shape index (κ1) is 12.1. The number of hydrogen-bond donors (Lipinski definition) is 1. The predicted octanol–water partition coefficient (Wildman–Crippen LogP) is 0.956. The van der Waals surface area contributed by atoms with Crippen molar-refractivity contribution in [3.63, 3.8) is 0 Å². The highest BCUT2D eigenvalue weighted by molar-refractivity contribution is 5.90. The molecule has 1 heterocycles. The normalized spacial score (nSPS) is 10.1. The minimum Gasteiger partial charge on any atom is -0.492 e.